The summed E-state index contributed by atoms with van der Waals surface area (Å²) in [6.07, 6.45) is 0.156. The van der Waals surface area contributed by atoms with Crippen LogP contribution in [0, 0.1) is 0 Å². The van der Waals surface area contributed by atoms with Gasteiger partial charge < -0.3 is 25.4 Å². The lowest BCUT2D eigenvalue weighted by atomic mass is 10.0. The molecule has 0 bridgehead atoms. The van der Waals surface area contributed by atoms with Gasteiger partial charge in [-0.05, 0) is 13.8 Å². The van der Waals surface area contributed by atoms with Gasteiger partial charge in [0, 0.05) is 6.54 Å². The van der Waals surface area contributed by atoms with E-state index in [2.05, 4.69) is 5.32 Å². The van der Waals surface area contributed by atoms with E-state index in [0.717, 1.165) is 0 Å². The molecule has 0 rings (SSSR count). The quantitative estimate of drug-likeness (QED) is 0.373. The predicted molar refractivity (Wildman–Crippen MR) is 53.1 cm³/mol. The summed E-state index contributed by atoms with van der Waals surface area (Å²) in [5, 5.41) is 29.7. The van der Waals surface area contributed by atoms with Gasteiger partial charge in [0.25, 0.3) is 0 Å². The summed E-state index contributed by atoms with van der Waals surface area (Å²) >= 11 is 0. The molecule has 0 radical (unpaired) electrons. The van der Waals surface area contributed by atoms with Crippen molar-refractivity contribution >= 4 is 0 Å². The average Bonchev–Trinajstić information content (AvgIpc) is 2.19. The highest BCUT2D eigenvalue weighted by Crippen LogP contribution is 2.00. The van der Waals surface area contributed by atoms with E-state index < -0.39 is 5.54 Å². The minimum atomic E-state index is -1.000. The number of hydrogen-bond acceptors (Lipinski definition) is 5. The van der Waals surface area contributed by atoms with E-state index in [-0.39, 0.29) is 25.9 Å². The van der Waals surface area contributed by atoms with Crippen molar-refractivity contribution in [3.05, 3.63) is 0 Å². The lowest BCUT2D eigenvalue weighted by molar-refractivity contribution is 0.0276. The number of nitrogens with one attached hydrogen (secondary N) is 1. The summed E-state index contributed by atoms with van der Waals surface area (Å²) < 4.78 is 5.26. The molecule has 0 aliphatic rings. The van der Waals surface area contributed by atoms with Gasteiger partial charge in [0.1, 0.15) is 0 Å². The lowest BCUT2D eigenvalue weighted by Gasteiger charge is -2.28. The van der Waals surface area contributed by atoms with E-state index in [9.17, 15) is 0 Å². The first-order valence-electron chi connectivity index (χ1n) is 4.79. The molecule has 4 N–H and O–H groups in total. The molecule has 5 nitrogen and oxygen atoms in total. The number of aliphatic hydroxyl groups is 3. The molecule has 0 aromatic heterocycles. The Hall–Kier alpha value is -0.200. The van der Waals surface area contributed by atoms with Crippen LogP contribution < -0.4 is 5.32 Å². The summed E-state index contributed by atoms with van der Waals surface area (Å²) in [6.45, 7) is 3.92. The molecule has 0 heterocycles. The second kappa shape index (κ2) is 7.14. The molecule has 0 amide bonds. The van der Waals surface area contributed by atoms with E-state index in [4.69, 9.17) is 20.1 Å². The Balaban J connectivity index is 3.71. The van der Waals surface area contributed by atoms with Crippen LogP contribution in [0.15, 0.2) is 0 Å². The minimum absolute atomic E-state index is 0.156. The van der Waals surface area contributed by atoms with Gasteiger partial charge in [-0.15, -0.1) is 0 Å². The maximum atomic E-state index is 8.96. The fraction of sp³-hybridized carbons (Fsp3) is 1.00. The average molecular weight is 207 g/mol. The molecule has 86 valence electrons. The Morgan fingerprint density at radius 1 is 1.14 bits per heavy atom. The van der Waals surface area contributed by atoms with E-state index in [1.165, 1.54) is 0 Å². The molecule has 0 unspecified atom stereocenters. The van der Waals surface area contributed by atoms with Gasteiger partial charge >= 0.3 is 0 Å². The van der Waals surface area contributed by atoms with Crippen molar-refractivity contribution < 1.29 is 20.1 Å². The van der Waals surface area contributed by atoms with Gasteiger partial charge in [0.05, 0.1) is 38.1 Å². The maximum absolute atomic E-state index is 8.96. The number of aliphatic hydroxyl groups excluding tert-OH is 3. The first-order chi connectivity index (χ1) is 6.60. The molecule has 0 aliphatic carbocycles. The zero-order chi connectivity index (χ0) is 11.0. The van der Waals surface area contributed by atoms with E-state index in [0.29, 0.717) is 13.2 Å². The van der Waals surface area contributed by atoms with Gasteiger partial charge in [0.2, 0.25) is 0 Å². The zero-order valence-electron chi connectivity index (χ0n) is 8.86. The van der Waals surface area contributed by atoms with Crippen molar-refractivity contribution in [3.8, 4) is 0 Å². The molecule has 0 saturated heterocycles. The van der Waals surface area contributed by atoms with Gasteiger partial charge in [-0.2, -0.15) is 0 Å². The van der Waals surface area contributed by atoms with Crippen molar-refractivity contribution in [1.29, 1.82) is 0 Å². The first-order valence-corrected chi connectivity index (χ1v) is 4.79. The molecule has 0 aliphatic heterocycles. The number of hydrogen-bond donors (Lipinski definition) is 4. The largest absolute Gasteiger partial charge is 0.394 e. The predicted octanol–water partition coefficient (Wildman–Crippen LogP) is -1.28. The van der Waals surface area contributed by atoms with Crippen molar-refractivity contribution in [2.75, 3.05) is 33.0 Å². The number of ether oxygens (including phenoxy) is 1. The van der Waals surface area contributed by atoms with Crippen LogP contribution in [-0.2, 0) is 4.74 Å². The zero-order valence-corrected chi connectivity index (χ0v) is 8.86. The molecular weight excluding hydrogens is 186 g/mol. The minimum Gasteiger partial charge on any atom is -0.394 e. The molecule has 0 aromatic rings. The van der Waals surface area contributed by atoms with Crippen molar-refractivity contribution in [1.82, 2.24) is 5.32 Å². The van der Waals surface area contributed by atoms with E-state index in [1.807, 2.05) is 13.8 Å². The molecule has 0 fully saturated rings. The Morgan fingerprint density at radius 3 is 2.00 bits per heavy atom. The van der Waals surface area contributed by atoms with Crippen LogP contribution in [0.2, 0.25) is 0 Å². The summed E-state index contributed by atoms with van der Waals surface area (Å²) in [6, 6.07) is 0. The Labute approximate surface area is 84.7 Å². The van der Waals surface area contributed by atoms with Crippen LogP contribution in [0.3, 0.4) is 0 Å². The summed E-state index contributed by atoms with van der Waals surface area (Å²) in [7, 11) is 0. The fourth-order valence-corrected chi connectivity index (χ4v) is 0.929. The van der Waals surface area contributed by atoms with E-state index in [1.54, 1.807) is 0 Å². The SMILES string of the molecule is CC(C)OCCNC(CO)(CO)CO. The van der Waals surface area contributed by atoms with Crippen LogP contribution in [0.4, 0.5) is 0 Å². The van der Waals surface area contributed by atoms with E-state index >= 15 is 0 Å². The summed E-state index contributed by atoms with van der Waals surface area (Å²) in [4.78, 5) is 0. The Morgan fingerprint density at radius 2 is 1.64 bits per heavy atom. The van der Waals surface area contributed by atoms with Gasteiger partial charge in [-0.3, -0.25) is 0 Å². The van der Waals surface area contributed by atoms with Gasteiger partial charge in [0.15, 0.2) is 0 Å². The lowest BCUT2D eigenvalue weighted by Crippen LogP contribution is -2.55. The normalized spacial score (nSPS) is 12.4. The van der Waals surface area contributed by atoms with Crippen molar-refractivity contribution in [2.45, 2.75) is 25.5 Å². The topological polar surface area (TPSA) is 82.0 Å². The van der Waals surface area contributed by atoms with Crippen LogP contribution in [0.1, 0.15) is 13.8 Å². The van der Waals surface area contributed by atoms with Crippen LogP contribution in [0.5, 0.6) is 0 Å². The second-order valence-electron chi connectivity index (χ2n) is 3.60. The molecule has 0 saturated carbocycles. The fourth-order valence-electron chi connectivity index (χ4n) is 0.929. The Bertz CT molecular complexity index is 129. The third kappa shape index (κ3) is 4.88. The third-order valence-electron chi connectivity index (χ3n) is 1.96. The van der Waals surface area contributed by atoms with Crippen LogP contribution >= 0.6 is 0 Å². The van der Waals surface area contributed by atoms with Crippen LogP contribution in [0.25, 0.3) is 0 Å². The second-order valence-corrected chi connectivity index (χ2v) is 3.60. The summed E-state index contributed by atoms with van der Waals surface area (Å²) in [5.41, 5.74) is -1.000. The van der Waals surface area contributed by atoms with Crippen molar-refractivity contribution in [2.24, 2.45) is 0 Å². The highest BCUT2D eigenvalue weighted by Gasteiger charge is 2.26. The molecule has 14 heavy (non-hydrogen) atoms. The highest BCUT2D eigenvalue weighted by atomic mass is 16.5. The maximum Gasteiger partial charge on any atom is 0.0882 e. The van der Waals surface area contributed by atoms with Crippen LogP contribution in [-0.4, -0.2) is 59.9 Å². The van der Waals surface area contributed by atoms with Gasteiger partial charge in [-0.25, -0.2) is 0 Å². The highest BCUT2D eigenvalue weighted by molar-refractivity contribution is 4.85. The van der Waals surface area contributed by atoms with Gasteiger partial charge in [-0.1, -0.05) is 0 Å². The smallest absolute Gasteiger partial charge is 0.0882 e. The molecular formula is C9H21NO4. The number of rotatable bonds is 8. The summed E-state index contributed by atoms with van der Waals surface area (Å²) in [5.74, 6) is 0. The molecule has 5 heteroatoms. The third-order valence-corrected chi connectivity index (χ3v) is 1.96. The standard InChI is InChI=1S/C9H21NO4/c1-8(2)14-4-3-10-9(5-11,6-12)7-13/h8,10-13H,3-7H2,1-2H3. The molecule has 0 atom stereocenters. The Kier molecular flexibility index (Phi) is 7.04. The molecule has 0 aromatic carbocycles. The molecule has 0 spiro atoms. The monoisotopic (exact) mass is 207 g/mol. The first kappa shape index (κ1) is 13.8. The van der Waals surface area contributed by atoms with Crippen molar-refractivity contribution in [3.63, 3.8) is 0 Å².